The van der Waals surface area contributed by atoms with Gasteiger partial charge in [-0.25, -0.2) is 12.8 Å². The molecule has 2 fully saturated rings. The second-order valence-electron chi connectivity index (χ2n) is 5.97. The lowest BCUT2D eigenvalue weighted by Crippen LogP contribution is -2.51. The predicted octanol–water partition coefficient (Wildman–Crippen LogP) is 0.379. The van der Waals surface area contributed by atoms with Crippen LogP contribution in [0.4, 0.5) is 4.39 Å². The van der Waals surface area contributed by atoms with Crippen LogP contribution in [-0.4, -0.2) is 60.8 Å². The largest absolute Gasteiger partial charge is 0.481 e. The zero-order chi connectivity index (χ0) is 17.5. The van der Waals surface area contributed by atoms with E-state index >= 15 is 0 Å². The standard InChI is InChI=1S/C15H17FN2O5S/c16-10-1-3-11(4-2-10)24(22,23)18-7-5-17(6-8-18)14(19)12-9-13(12)15(20)21/h1-4,12-13H,5-9H2,(H,20,21). The van der Waals surface area contributed by atoms with Crippen molar-refractivity contribution in [1.82, 2.24) is 9.21 Å². The van der Waals surface area contributed by atoms with Crippen molar-refractivity contribution in [3.05, 3.63) is 30.1 Å². The van der Waals surface area contributed by atoms with E-state index in [-0.39, 0.29) is 37.0 Å². The van der Waals surface area contributed by atoms with Gasteiger partial charge in [-0.1, -0.05) is 0 Å². The van der Waals surface area contributed by atoms with Crippen molar-refractivity contribution in [2.45, 2.75) is 11.3 Å². The highest BCUT2D eigenvalue weighted by Gasteiger charge is 2.50. The van der Waals surface area contributed by atoms with Crippen LogP contribution in [0.3, 0.4) is 0 Å². The number of sulfonamides is 1. The van der Waals surface area contributed by atoms with Gasteiger partial charge >= 0.3 is 5.97 Å². The summed E-state index contributed by atoms with van der Waals surface area (Å²) in [6, 6.07) is 4.60. The second-order valence-corrected chi connectivity index (χ2v) is 7.91. The van der Waals surface area contributed by atoms with Crippen LogP contribution in [0.5, 0.6) is 0 Å². The van der Waals surface area contributed by atoms with Crippen molar-refractivity contribution in [2.24, 2.45) is 11.8 Å². The Labute approximate surface area is 138 Å². The summed E-state index contributed by atoms with van der Waals surface area (Å²) in [4.78, 5) is 24.6. The smallest absolute Gasteiger partial charge is 0.307 e. The molecule has 24 heavy (non-hydrogen) atoms. The molecule has 1 saturated heterocycles. The molecule has 0 aromatic heterocycles. The van der Waals surface area contributed by atoms with E-state index in [2.05, 4.69) is 0 Å². The Kier molecular flexibility index (Phi) is 4.31. The summed E-state index contributed by atoms with van der Waals surface area (Å²) in [7, 11) is -3.72. The molecule has 0 bridgehead atoms. The molecule has 1 aromatic carbocycles. The van der Waals surface area contributed by atoms with Gasteiger partial charge in [0, 0.05) is 26.2 Å². The van der Waals surface area contributed by atoms with E-state index in [0.717, 1.165) is 12.1 Å². The fourth-order valence-electron chi connectivity index (χ4n) is 2.88. The Balaban J connectivity index is 1.62. The number of piperazine rings is 1. The van der Waals surface area contributed by atoms with Crippen molar-refractivity contribution in [1.29, 1.82) is 0 Å². The number of hydrogen-bond acceptors (Lipinski definition) is 4. The molecule has 1 N–H and O–H groups in total. The van der Waals surface area contributed by atoms with Gasteiger partial charge in [0.2, 0.25) is 15.9 Å². The maximum absolute atomic E-state index is 12.9. The number of hydrogen-bond donors (Lipinski definition) is 1. The third kappa shape index (κ3) is 3.13. The zero-order valence-corrected chi connectivity index (χ0v) is 13.6. The van der Waals surface area contributed by atoms with Crippen LogP contribution < -0.4 is 0 Å². The molecule has 1 saturated carbocycles. The number of nitrogens with zero attached hydrogens (tertiary/aromatic N) is 2. The van der Waals surface area contributed by atoms with Crippen molar-refractivity contribution in [2.75, 3.05) is 26.2 Å². The van der Waals surface area contributed by atoms with Crippen LogP contribution in [-0.2, 0) is 19.6 Å². The van der Waals surface area contributed by atoms with Crippen LogP contribution in [0.25, 0.3) is 0 Å². The highest BCUT2D eigenvalue weighted by Crippen LogP contribution is 2.40. The fourth-order valence-corrected chi connectivity index (χ4v) is 4.30. The van der Waals surface area contributed by atoms with E-state index in [1.807, 2.05) is 0 Å². The number of carboxylic acid groups (broad SMARTS) is 1. The van der Waals surface area contributed by atoms with Gasteiger partial charge in [0.05, 0.1) is 16.7 Å². The molecule has 1 amide bonds. The normalized spacial score (nSPS) is 24.6. The summed E-state index contributed by atoms with van der Waals surface area (Å²) >= 11 is 0. The quantitative estimate of drug-likeness (QED) is 0.842. The van der Waals surface area contributed by atoms with Crippen molar-refractivity contribution in [3.8, 4) is 0 Å². The molecule has 2 unspecified atom stereocenters. The Morgan fingerprint density at radius 2 is 1.62 bits per heavy atom. The first-order valence-electron chi connectivity index (χ1n) is 7.58. The number of aliphatic carboxylic acids is 1. The van der Waals surface area contributed by atoms with E-state index in [0.29, 0.717) is 6.42 Å². The van der Waals surface area contributed by atoms with Gasteiger partial charge in [-0.3, -0.25) is 9.59 Å². The minimum Gasteiger partial charge on any atom is -0.481 e. The van der Waals surface area contributed by atoms with Crippen LogP contribution in [0.2, 0.25) is 0 Å². The summed E-state index contributed by atoms with van der Waals surface area (Å²) in [5, 5.41) is 8.88. The highest BCUT2D eigenvalue weighted by molar-refractivity contribution is 7.89. The SMILES string of the molecule is O=C(O)C1CC1C(=O)N1CCN(S(=O)(=O)c2ccc(F)cc2)CC1. The van der Waals surface area contributed by atoms with E-state index in [9.17, 15) is 22.4 Å². The number of carboxylic acids is 1. The van der Waals surface area contributed by atoms with E-state index in [1.165, 1.54) is 21.3 Å². The monoisotopic (exact) mass is 356 g/mol. The number of halogens is 1. The summed E-state index contributed by atoms with van der Waals surface area (Å²) in [5.41, 5.74) is 0. The van der Waals surface area contributed by atoms with Gasteiger partial charge in [0.15, 0.2) is 0 Å². The Morgan fingerprint density at radius 3 is 2.12 bits per heavy atom. The minimum atomic E-state index is -3.72. The zero-order valence-electron chi connectivity index (χ0n) is 12.8. The molecule has 0 radical (unpaired) electrons. The van der Waals surface area contributed by atoms with Gasteiger partial charge in [0.25, 0.3) is 0 Å². The van der Waals surface area contributed by atoms with Crippen molar-refractivity contribution >= 4 is 21.9 Å². The number of rotatable bonds is 4. The molecule has 0 spiro atoms. The van der Waals surface area contributed by atoms with Crippen molar-refractivity contribution in [3.63, 3.8) is 0 Å². The first kappa shape index (κ1) is 16.8. The molecular weight excluding hydrogens is 339 g/mol. The number of carbonyl (C=O) groups excluding carboxylic acids is 1. The maximum Gasteiger partial charge on any atom is 0.307 e. The Bertz CT molecular complexity index is 757. The van der Waals surface area contributed by atoms with Crippen LogP contribution >= 0.6 is 0 Å². The average molecular weight is 356 g/mol. The van der Waals surface area contributed by atoms with Crippen LogP contribution in [0.15, 0.2) is 29.2 Å². The van der Waals surface area contributed by atoms with Gasteiger partial charge in [-0.05, 0) is 30.7 Å². The topological polar surface area (TPSA) is 95.0 Å². The van der Waals surface area contributed by atoms with E-state index < -0.39 is 33.6 Å². The lowest BCUT2D eigenvalue weighted by Gasteiger charge is -2.34. The third-order valence-corrected chi connectivity index (χ3v) is 6.34. The summed E-state index contributed by atoms with van der Waals surface area (Å²) in [5.74, 6) is -2.80. The van der Waals surface area contributed by atoms with Gasteiger partial charge in [0.1, 0.15) is 5.82 Å². The lowest BCUT2D eigenvalue weighted by atomic mass is 10.2. The molecule has 3 rings (SSSR count). The molecule has 130 valence electrons. The molecule has 9 heteroatoms. The first-order valence-corrected chi connectivity index (χ1v) is 9.02. The Morgan fingerprint density at radius 1 is 1.04 bits per heavy atom. The molecule has 1 heterocycles. The minimum absolute atomic E-state index is 0.0109. The molecule has 2 aliphatic rings. The molecule has 2 atom stereocenters. The first-order chi connectivity index (χ1) is 11.3. The molecular formula is C15H17FN2O5S. The van der Waals surface area contributed by atoms with Gasteiger partial charge in [-0.15, -0.1) is 0 Å². The average Bonchev–Trinajstić information content (AvgIpc) is 3.35. The number of amides is 1. The molecule has 1 aliphatic heterocycles. The predicted molar refractivity (Wildman–Crippen MR) is 81.0 cm³/mol. The molecule has 7 nitrogen and oxygen atoms in total. The summed E-state index contributed by atoms with van der Waals surface area (Å²) < 4.78 is 39.2. The number of benzene rings is 1. The molecule has 1 aliphatic carbocycles. The lowest BCUT2D eigenvalue weighted by molar-refractivity contribution is -0.142. The van der Waals surface area contributed by atoms with E-state index in [4.69, 9.17) is 5.11 Å². The third-order valence-electron chi connectivity index (χ3n) is 4.43. The molecule has 1 aromatic rings. The highest BCUT2D eigenvalue weighted by atomic mass is 32.2. The van der Waals surface area contributed by atoms with E-state index in [1.54, 1.807) is 0 Å². The fraction of sp³-hybridized carbons (Fsp3) is 0.467. The summed E-state index contributed by atoms with van der Waals surface area (Å²) in [6.45, 7) is 0.718. The Hall–Kier alpha value is -2.00. The second kappa shape index (κ2) is 6.14. The summed E-state index contributed by atoms with van der Waals surface area (Å²) in [6.07, 6.45) is 0.349. The van der Waals surface area contributed by atoms with Gasteiger partial charge in [-0.2, -0.15) is 4.31 Å². The maximum atomic E-state index is 12.9. The number of carbonyl (C=O) groups is 2. The van der Waals surface area contributed by atoms with Crippen molar-refractivity contribution < 1.29 is 27.5 Å². The van der Waals surface area contributed by atoms with Crippen LogP contribution in [0.1, 0.15) is 6.42 Å². The van der Waals surface area contributed by atoms with Crippen LogP contribution in [0, 0.1) is 17.7 Å². The van der Waals surface area contributed by atoms with Gasteiger partial charge < -0.3 is 10.0 Å².